The molecule has 2 atom stereocenters. The highest BCUT2D eigenvalue weighted by Crippen LogP contribution is 2.38. The van der Waals surface area contributed by atoms with E-state index in [9.17, 15) is 12.8 Å². The van der Waals surface area contributed by atoms with Gasteiger partial charge in [0.25, 0.3) is 0 Å². The molecule has 0 aliphatic carbocycles. The molecule has 0 fully saturated rings. The molecule has 0 saturated heterocycles. The van der Waals surface area contributed by atoms with Gasteiger partial charge in [-0.25, -0.2) is 12.8 Å². The van der Waals surface area contributed by atoms with Crippen molar-refractivity contribution in [2.75, 3.05) is 13.2 Å². The second kappa shape index (κ2) is 7.09. The van der Waals surface area contributed by atoms with Crippen LogP contribution in [0, 0.1) is 5.82 Å². The summed E-state index contributed by atoms with van der Waals surface area (Å²) in [5, 5.41) is -1.08. The molecule has 5 nitrogen and oxygen atoms in total. The van der Waals surface area contributed by atoms with Crippen molar-refractivity contribution in [1.82, 2.24) is 0 Å². The summed E-state index contributed by atoms with van der Waals surface area (Å²) in [5.74, 6) is -0.552. The third-order valence-corrected chi connectivity index (χ3v) is 7.65. The van der Waals surface area contributed by atoms with Gasteiger partial charge in [-0.3, -0.25) is 4.99 Å². The Balaban J connectivity index is 2.65. The minimum absolute atomic E-state index is 0.0149. The summed E-state index contributed by atoms with van der Waals surface area (Å²) in [6.45, 7) is 5.44. The molecule has 1 aliphatic heterocycles. The van der Waals surface area contributed by atoms with Crippen LogP contribution in [0.3, 0.4) is 0 Å². The number of amidine groups is 1. The van der Waals surface area contributed by atoms with Crippen LogP contribution in [0.4, 0.5) is 4.39 Å². The Labute approximate surface area is 150 Å². The van der Waals surface area contributed by atoms with Crippen LogP contribution in [-0.2, 0) is 14.6 Å². The number of hydrogen-bond acceptors (Lipinski definition) is 5. The summed E-state index contributed by atoms with van der Waals surface area (Å²) in [4.78, 5) is 4.12. The highest BCUT2D eigenvalue weighted by Gasteiger charge is 2.46. The van der Waals surface area contributed by atoms with Crippen molar-refractivity contribution in [2.24, 2.45) is 10.7 Å². The van der Waals surface area contributed by atoms with Crippen LogP contribution < -0.4 is 5.73 Å². The first kappa shape index (κ1) is 19.3. The lowest BCUT2D eigenvalue weighted by molar-refractivity contribution is 0.0648. The Morgan fingerprint density at radius 2 is 2.08 bits per heavy atom. The fourth-order valence-electron chi connectivity index (χ4n) is 2.66. The monoisotopic (exact) mass is 420 g/mol. The standard InChI is InChI=1S/C16H22BrFN2O3S/c1-10-8-14(12-9-11(17)4-5-13(12)18)24(21,22)16(2,3)15(19)20-6-7-23-10/h4-5,9-10,14H,6-8H2,1-3H3,(H2,19,20)/t10-,14+/m0/s1. The van der Waals surface area contributed by atoms with E-state index >= 15 is 0 Å². The van der Waals surface area contributed by atoms with E-state index in [2.05, 4.69) is 20.9 Å². The molecule has 0 bridgehead atoms. The van der Waals surface area contributed by atoms with Gasteiger partial charge in [0.15, 0.2) is 9.84 Å². The SMILES string of the molecule is C[C@H]1C[C@H](c2cc(Br)ccc2F)S(=O)(=O)C(C)(C)C(N)=NCCO1. The number of halogens is 2. The van der Waals surface area contributed by atoms with Crippen LogP contribution in [0.1, 0.15) is 38.0 Å². The summed E-state index contributed by atoms with van der Waals surface area (Å²) in [5.41, 5.74) is 6.05. The van der Waals surface area contributed by atoms with Gasteiger partial charge in [-0.1, -0.05) is 15.9 Å². The van der Waals surface area contributed by atoms with Crippen molar-refractivity contribution in [3.05, 3.63) is 34.1 Å². The van der Waals surface area contributed by atoms with Crippen LogP contribution in [-0.4, -0.2) is 38.3 Å². The molecule has 2 rings (SSSR count). The van der Waals surface area contributed by atoms with Gasteiger partial charge in [0.1, 0.15) is 16.4 Å². The minimum atomic E-state index is -3.87. The molecule has 0 radical (unpaired) electrons. The zero-order valence-corrected chi connectivity index (χ0v) is 16.3. The van der Waals surface area contributed by atoms with Gasteiger partial charge in [0.2, 0.25) is 0 Å². The number of ether oxygens (including phenoxy) is 1. The van der Waals surface area contributed by atoms with Crippen molar-refractivity contribution in [1.29, 1.82) is 0 Å². The molecule has 24 heavy (non-hydrogen) atoms. The molecule has 134 valence electrons. The summed E-state index contributed by atoms with van der Waals surface area (Å²) < 4.78 is 45.8. The number of nitrogens with two attached hydrogens (primary N) is 1. The van der Waals surface area contributed by atoms with Crippen molar-refractivity contribution < 1.29 is 17.5 Å². The average molecular weight is 421 g/mol. The molecule has 0 spiro atoms. The predicted molar refractivity (Wildman–Crippen MR) is 96.4 cm³/mol. The molecule has 1 heterocycles. The van der Waals surface area contributed by atoms with Gasteiger partial charge in [-0.2, -0.15) is 0 Å². The maximum atomic E-state index is 14.4. The van der Waals surface area contributed by atoms with Crippen LogP contribution >= 0.6 is 15.9 Å². The first-order valence-corrected chi connectivity index (χ1v) is 10.0. The molecule has 8 heteroatoms. The topological polar surface area (TPSA) is 81.8 Å². The predicted octanol–water partition coefficient (Wildman–Crippen LogP) is 2.99. The highest BCUT2D eigenvalue weighted by atomic mass is 79.9. The fourth-order valence-corrected chi connectivity index (χ4v) is 5.15. The Hall–Kier alpha value is -0.990. The number of benzene rings is 1. The number of rotatable bonds is 1. The Morgan fingerprint density at radius 1 is 1.42 bits per heavy atom. The maximum absolute atomic E-state index is 14.4. The van der Waals surface area contributed by atoms with Gasteiger partial charge in [-0.05, 0) is 45.4 Å². The Bertz CT molecular complexity index is 750. The van der Waals surface area contributed by atoms with E-state index in [1.807, 2.05) is 0 Å². The molecule has 1 aromatic rings. The van der Waals surface area contributed by atoms with Gasteiger partial charge in [-0.15, -0.1) is 0 Å². The van der Waals surface area contributed by atoms with Crippen LogP contribution in [0.5, 0.6) is 0 Å². The summed E-state index contributed by atoms with van der Waals surface area (Å²) >= 11 is 3.28. The quantitative estimate of drug-likeness (QED) is 0.756. The molecule has 0 unspecified atom stereocenters. The van der Waals surface area contributed by atoms with E-state index in [0.29, 0.717) is 17.6 Å². The van der Waals surface area contributed by atoms with E-state index in [4.69, 9.17) is 10.5 Å². The van der Waals surface area contributed by atoms with Crippen molar-refractivity contribution in [2.45, 2.75) is 43.3 Å². The largest absolute Gasteiger partial charge is 0.386 e. The van der Waals surface area contributed by atoms with Gasteiger partial charge < -0.3 is 10.5 Å². The molecule has 2 N–H and O–H groups in total. The third kappa shape index (κ3) is 3.65. The summed E-state index contributed by atoms with van der Waals surface area (Å²) in [7, 11) is -3.87. The third-order valence-electron chi connectivity index (χ3n) is 4.33. The smallest absolute Gasteiger partial charge is 0.169 e. The lowest BCUT2D eigenvalue weighted by Gasteiger charge is -2.32. The van der Waals surface area contributed by atoms with Crippen molar-refractivity contribution in [3.63, 3.8) is 0 Å². The van der Waals surface area contributed by atoms with Crippen molar-refractivity contribution in [3.8, 4) is 0 Å². The van der Waals surface area contributed by atoms with Crippen LogP contribution in [0.2, 0.25) is 0 Å². The second-order valence-corrected chi connectivity index (χ2v) is 9.99. The van der Waals surface area contributed by atoms with E-state index < -0.39 is 25.7 Å². The van der Waals surface area contributed by atoms with E-state index in [1.54, 1.807) is 6.92 Å². The Morgan fingerprint density at radius 3 is 2.75 bits per heavy atom. The first-order valence-electron chi connectivity index (χ1n) is 7.67. The number of aliphatic imine (C=N–C) groups is 1. The molecule has 1 aliphatic rings. The lowest BCUT2D eigenvalue weighted by Crippen LogP contribution is -2.48. The second-order valence-electron chi connectivity index (χ2n) is 6.39. The minimum Gasteiger partial charge on any atom is -0.386 e. The molecule has 0 amide bonds. The van der Waals surface area contributed by atoms with Gasteiger partial charge >= 0.3 is 0 Å². The molecular formula is C16H22BrFN2O3S. The van der Waals surface area contributed by atoms with Gasteiger partial charge in [0, 0.05) is 10.0 Å². The van der Waals surface area contributed by atoms with Crippen LogP contribution in [0.15, 0.2) is 27.7 Å². The number of hydrogen-bond donors (Lipinski definition) is 1. The van der Waals surface area contributed by atoms with Gasteiger partial charge in [0.05, 0.1) is 24.5 Å². The Kier molecular flexibility index (Phi) is 5.71. The van der Waals surface area contributed by atoms with E-state index in [0.717, 1.165) is 0 Å². The number of sulfone groups is 1. The average Bonchev–Trinajstić information content (AvgIpc) is 2.50. The summed E-state index contributed by atoms with van der Waals surface area (Å²) in [6, 6.07) is 4.29. The molecule has 0 saturated carbocycles. The zero-order valence-electron chi connectivity index (χ0n) is 13.9. The number of nitrogens with zero attached hydrogens (tertiary/aromatic N) is 1. The van der Waals surface area contributed by atoms with Crippen LogP contribution in [0.25, 0.3) is 0 Å². The zero-order chi connectivity index (χ0) is 18.1. The molecular weight excluding hydrogens is 399 g/mol. The molecule has 0 aromatic heterocycles. The first-order chi connectivity index (χ1) is 11.1. The molecule has 1 aromatic carbocycles. The van der Waals surface area contributed by atoms with Crippen molar-refractivity contribution >= 4 is 31.6 Å². The maximum Gasteiger partial charge on any atom is 0.169 e. The fraction of sp³-hybridized carbons (Fsp3) is 0.562. The highest BCUT2D eigenvalue weighted by molar-refractivity contribution is 9.10. The normalized spacial score (nSPS) is 27.3. The van der Waals surface area contributed by atoms with E-state index in [1.165, 1.54) is 32.0 Å². The summed E-state index contributed by atoms with van der Waals surface area (Å²) in [6.07, 6.45) is -0.208. The van der Waals surface area contributed by atoms with E-state index in [-0.39, 0.29) is 23.9 Å². The lowest BCUT2D eigenvalue weighted by atomic mass is 10.1.